The molecule has 1 atom stereocenters. The van der Waals surface area contributed by atoms with Crippen molar-refractivity contribution in [1.29, 1.82) is 0 Å². The lowest BCUT2D eigenvalue weighted by Gasteiger charge is -2.18. The van der Waals surface area contributed by atoms with Crippen LogP contribution < -0.4 is 5.32 Å². The number of aryl methyl sites for hydroxylation is 1. The van der Waals surface area contributed by atoms with Gasteiger partial charge in [-0.15, -0.1) is 0 Å². The van der Waals surface area contributed by atoms with Crippen LogP contribution in [0.5, 0.6) is 0 Å². The molecule has 0 amide bonds. The second kappa shape index (κ2) is 5.74. The monoisotopic (exact) mass is 244 g/mol. The predicted molar refractivity (Wildman–Crippen MR) is 70.9 cm³/mol. The molecule has 0 aliphatic rings. The molecule has 1 N–H and O–H groups in total. The summed E-state index contributed by atoms with van der Waals surface area (Å²) in [5.74, 6) is -0.202. The number of nitrogens with zero attached hydrogens (tertiary/aromatic N) is 1. The maximum Gasteiger partial charge on any atom is 0.128 e. The molecule has 94 valence electrons. The third-order valence-electron chi connectivity index (χ3n) is 2.86. The number of nitrogens with one attached hydrogen (secondary N) is 1. The van der Waals surface area contributed by atoms with E-state index in [-0.39, 0.29) is 11.9 Å². The average molecular weight is 244 g/mol. The molecular weight excluding hydrogens is 227 g/mol. The number of hydrogen-bond donors (Lipinski definition) is 1. The number of benzene rings is 1. The van der Waals surface area contributed by atoms with E-state index in [0.29, 0.717) is 5.56 Å². The third kappa shape index (κ3) is 2.74. The number of rotatable bonds is 4. The van der Waals surface area contributed by atoms with Gasteiger partial charge >= 0.3 is 0 Å². The minimum Gasteiger partial charge on any atom is -0.305 e. The van der Waals surface area contributed by atoms with Crippen LogP contribution in [0.25, 0.3) is 0 Å². The Kier molecular flexibility index (Phi) is 4.05. The second-order valence-electron chi connectivity index (χ2n) is 4.27. The molecule has 0 spiro atoms. The summed E-state index contributed by atoms with van der Waals surface area (Å²) < 4.78 is 13.9. The predicted octanol–water partition coefficient (Wildman–Crippen LogP) is 3.23. The highest BCUT2D eigenvalue weighted by Crippen LogP contribution is 2.23. The summed E-state index contributed by atoms with van der Waals surface area (Å²) in [6.45, 7) is 4.77. The largest absolute Gasteiger partial charge is 0.305 e. The Hall–Kier alpha value is -1.74. The molecule has 2 nitrogen and oxygen atoms in total. The van der Waals surface area contributed by atoms with Gasteiger partial charge in [0.15, 0.2) is 0 Å². The van der Waals surface area contributed by atoms with Gasteiger partial charge in [-0.25, -0.2) is 4.39 Å². The second-order valence-corrected chi connectivity index (χ2v) is 4.27. The molecule has 0 aliphatic heterocycles. The zero-order chi connectivity index (χ0) is 13.0. The lowest BCUT2D eigenvalue weighted by atomic mass is 10.0. The topological polar surface area (TPSA) is 24.9 Å². The number of halogens is 1. The van der Waals surface area contributed by atoms with Gasteiger partial charge in [-0.05, 0) is 37.2 Å². The zero-order valence-electron chi connectivity index (χ0n) is 10.7. The molecular formula is C15H17FN2. The summed E-state index contributed by atoms with van der Waals surface area (Å²) in [6, 6.07) is 10.6. The van der Waals surface area contributed by atoms with Gasteiger partial charge in [0.2, 0.25) is 0 Å². The molecule has 1 aromatic heterocycles. The fraction of sp³-hybridized carbons (Fsp3) is 0.267. The van der Waals surface area contributed by atoms with Crippen molar-refractivity contribution in [2.45, 2.75) is 19.9 Å². The Morgan fingerprint density at radius 3 is 2.72 bits per heavy atom. The molecule has 0 bridgehead atoms. The summed E-state index contributed by atoms with van der Waals surface area (Å²) in [5.41, 5.74) is 2.61. The highest BCUT2D eigenvalue weighted by Gasteiger charge is 2.17. The van der Waals surface area contributed by atoms with E-state index in [0.717, 1.165) is 17.8 Å². The molecule has 0 radical (unpaired) electrons. The summed E-state index contributed by atoms with van der Waals surface area (Å²) >= 11 is 0. The van der Waals surface area contributed by atoms with Crippen molar-refractivity contribution >= 4 is 0 Å². The molecule has 1 aromatic carbocycles. The van der Waals surface area contributed by atoms with Crippen LogP contribution in [0, 0.1) is 12.7 Å². The van der Waals surface area contributed by atoms with Crippen LogP contribution in [0.3, 0.4) is 0 Å². The lowest BCUT2D eigenvalue weighted by molar-refractivity contribution is 0.552. The van der Waals surface area contributed by atoms with Crippen LogP contribution in [-0.2, 0) is 0 Å². The maximum absolute atomic E-state index is 13.9. The molecule has 0 aliphatic carbocycles. The van der Waals surface area contributed by atoms with E-state index < -0.39 is 0 Å². The molecule has 3 heteroatoms. The summed E-state index contributed by atoms with van der Waals surface area (Å²) in [4.78, 5) is 4.35. The lowest BCUT2D eigenvalue weighted by Crippen LogP contribution is -2.24. The Balaban J connectivity index is 2.43. The summed E-state index contributed by atoms with van der Waals surface area (Å²) in [7, 11) is 0. The molecule has 0 saturated carbocycles. The van der Waals surface area contributed by atoms with Gasteiger partial charge in [-0.2, -0.15) is 0 Å². The fourth-order valence-electron chi connectivity index (χ4n) is 2.00. The van der Waals surface area contributed by atoms with Crippen molar-refractivity contribution in [1.82, 2.24) is 10.3 Å². The maximum atomic E-state index is 13.9. The first kappa shape index (κ1) is 12.7. The molecule has 1 heterocycles. The van der Waals surface area contributed by atoms with E-state index in [4.69, 9.17) is 0 Å². The molecule has 0 fully saturated rings. The number of aromatic nitrogens is 1. The third-order valence-corrected chi connectivity index (χ3v) is 2.86. The zero-order valence-corrected chi connectivity index (χ0v) is 10.7. The highest BCUT2D eigenvalue weighted by molar-refractivity contribution is 5.30. The van der Waals surface area contributed by atoms with E-state index in [1.165, 1.54) is 6.07 Å². The Morgan fingerprint density at radius 1 is 1.28 bits per heavy atom. The Labute approximate surface area is 107 Å². The van der Waals surface area contributed by atoms with Crippen LogP contribution >= 0.6 is 0 Å². The Bertz CT molecular complexity index is 525. The molecule has 2 aromatic rings. The SMILES string of the molecule is CCNC(c1cc(C)ccn1)c1ccccc1F. The summed E-state index contributed by atoms with van der Waals surface area (Å²) in [6.07, 6.45) is 1.76. The van der Waals surface area contributed by atoms with E-state index in [1.807, 2.05) is 32.0 Å². The van der Waals surface area contributed by atoms with Crippen LogP contribution in [0.15, 0.2) is 42.6 Å². The number of hydrogen-bond acceptors (Lipinski definition) is 2. The van der Waals surface area contributed by atoms with E-state index in [2.05, 4.69) is 10.3 Å². The minimum atomic E-state index is -0.202. The molecule has 0 saturated heterocycles. The Morgan fingerprint density at radius 2 is 2.06 bits per heavy atom. The first-order valence-electron chi connectivity index (χ1n) is 6.12. The number of pyridine rings is 1. The van der Waals surface area contributed by atoms with Gasteiger partial charge in [0.05, 0.1) is 11.7 Å². The van der Waals surface area contributed by atoms with Crippen LogP contribution in [-0.4, -0.2) is 11.5 Å². The first-order valence-corrected chi connectivity index (χ1v) is 6.12. The molecule has 2 rings (SSSR count). The standard InChI is InChI=1S/C15H17FN2/c1-3-17-15(12-6-4-5-7-13(12)16)14-10-11(2)8-9-18-14/h4-10,15,17H,3H2,1-2H3. The van der Waals surface area contributed by atoms with Crippen molar-refractivity contribution in [3.63, 3.8) is 0 Å². The first-order chi connectivity index (χ1) is 8.72. The van der Waals surface area contributed by atoms with Crippen molar-refractivity contribution < 1.29 is 4.39 Å². The molecule has 18 heavy (non-hydrogen) atoms. The molecule has 1 unspecified atom stereocenters. The van der Waals surface area contributed by atoms with E-state index in [1.54, 1.807) is 18.3 Å². The average Bonchev–Trinajstić information content (AvgIpc) is 2.37. The fourth-order valence-corrected chi connectivity index (χ4v) is 2.00. The van der Waals surface area contributed by atoms with Gasteiger partial charge in [0, 0.05) is 11.8 Å². The van der Waals surface area contributed by atoms with Gasteiger partial charge in [-0.1, -0.05) is 25.1 Å². The quantitative estimate of drug-likeness (QED) is 0.893. The highest BCUT2D eigenvalue weighted by atomic mass is 19.1. The van der Waals surface area contributed by atoms with Crippen LogP contribution in [0.1, 0.15) is 29.8 Å². The van der Waals surface area contributed by atoms with Crippen LogP contribution in [0.4, 0.5) is 4.39 Å². The van der Waals surface area contributed by atoms with E-state index >= 15 is 0 Å². The smallest absolute Gasteiger partial charge is 0.128 e. The van der Waals surface area contributed by atoms with E-state index in [9.17, 15) is 4.39 Å². The van der Waals surface area contributed by atoms with Crippen molar-refractivity contribution in [3.05, 3.63) is 65.2 Å². The van der Waals surface area contributed by atoms with Gasteiger partial charge in [0.1, 0.15) is 5.82 Å². The van der Waals surface area contributed by atoms with Crippen LogP contribution in [0.2, 0.25) is 0 Å². The van der Waals surface area contributed by atoms with Gasteiger partial charge < -0.3 is 5.32 Å². The minimum absolute atomic E-state index is 0.198. The van der Waals surface area contributed by atoms with Gasteiger partial charge in [-0.3, -0.25) is 4.98 Å². The van der Waals surface area contributed by atoms with Crippen molar-refractivity contribution in [3.8, 4) is 0 Å². The van der Waals surface area contributed by atoms with Crippen molar-refractivity contribution in [2.75, 3.05) is 6.54 Å². The van der Waals surface area contributed by atoms with Gasteiger partial charge in [0.25, 0.3) is 0 Å². The van der Waals surface area contributed by atoms with Crippen molar-refractivity contribution in [2.24, 2.45) is 0 Å². The summed E-state index contributed by atoms with van der Waals surface area (Å²) in [5, 5.41) is 3.28. The normalized spacial score (nSPS) is 12.4.